The number of hydrogen-bond acceptors (Lipinski definition) is 2. The average Bonchev–Trinajstić information content (AvgIpc) is 1.59. The largest absolute Gasteiger partial charge is 0.274 e. The number of rotatable bonds is 1. The van der Waals surface area contributed by atoms with E-state index >= 15 is 0 Å². The van der Waals surface area contributed by atoms with Crippen molar-refractivity contribution in [2.24, 2.45) is 0 Å². The second-order valence-corrected chi connectivity index (χ2v) is 6.91. The lowest BCUT2D eigenvalue weighted by Gasteiger charge is -2.28. The van der Waals surface area contributed by atoms with Crippen LogP contribution in [0.15, 0.2) is 0 Å². The van der Waals surface area contributed by atoms with Crippen LogP contribution >= 0.6 is 14.8 Å². The van der Waals surface area contributed by atoms with Gasteiger partial charge in [0.25, 0.3) is 8.46 Å². The van der Waals surface area contributed by atoms with Crippen LogP contribution in [0.5, 0.6) is 0 Å². The first kappa shape index (κ1) is 10.4. The van der Waals surface area contributed by atoms with Gasteiger partial charge in [0.2, 0.25) is 0 Å². The molecule has 10 heavy (non-hydrogen) atoms. The molecule has 62 valence electrons. The van der Waals surface area contributed by atoms with Crippen LogP contribution in [0.4, 0.5) is 0 Å². The minimum atomic E-state index is -3.21. The van der Waals surface area contributed by atoms with Gasteiger partial charge in [-0.15, -0.1) is 0 Å². The molecule has 0 aliphatic carbocycles. The van der Waals surface area contributed by atoms with Crippen molar-refractivity contribution in [1.82, 2.24) is 4.31 Å². The Bertz CT molecular complexity index is 204. The maximum atomic E-state index is 10.8. The van der Waals surface area contributed by atoms with E-state index in [1.165, 1.54) is 11.4 Å². The topological polar surface area (TPSA) is 37.4 Å². The Morgan fingerprint density at radius 3 is 1.60 bits per heavy atom. The van der Waals surface area contributed by atoms with Crippen LogP contribution in [0.25, 0.3) is 0 Å². The van der Waals surface area contributed by atoms with Gasteiger partial charge in [0.15, 0.2) is 0 Å². The molecule has 0 bridgehead atoms. The van der Waals surface area contributed by atoms with Crippen molar-refractivity contribution >= 4 is 23.3 Å². The van der Waals surface area contributed by atoms with Gasteiger partial charge in [0, 0.05) is 12.6 Å². The summed E-state index contributed by atoms with van der Waals surface area (Å²) in [5.74, 6) is 0. The fraction of sp³-hybridized carbons (Fsp3) is 1.00. The van der Waals surface area contributed by atoms with Crippen molar-refractivity contribution in [2.75, 3.05) is 7.05 Å². The van der Waals surface area contributed by atoms with Crippen molar-refractivity contribution in [3.8, 4) is 0 Å². The Labute approximate surface area is 69.7 Å². The minimum Gasteiger partial charge on any atom is -0.200 e. The third-order valence-electron chi connectivity index (χ3n) is 1.27. The molecule has 0 aliphatic rings. The molecule has 0 atom stereocenters. The normalized spacial score (nSPS) is 14.2. The molecule has 0 radical (unpaired) electrons. The second kappa shape index (κ2) is 2.79. The van der Waals surface area contributed by atoms with Gasteiger partial charge in [-0.05, 0) is 20.8 Å². The van der Waals surface area contributed by atoms with Gasteiger partial charge < -0.3 is 0 Å². The lowest BCUT2D eigenvalue weighted by Crippen LogP contribution is -2.39. The van der Waals surface area contributed by atoms with E-state index in [1.807, 2.05) is 20.8 Å². The van der Waals surface area contributed by atoms with Crippen LogP contribution in [0, 0.1) is 0 Å². The van der Waals surface area contributed by atoms with Crippen LogP contribution < -0.4 is 0 Å². The van der Waals surface area contributed by atoms with E-state index in [9.17, 15) is 8.42 Å². The quantitative estimate of drug-likeness (QED) is 0.638. The highest BCUT2D eigenvalue weighted by molar-refractivity contribution is 9.47. The minimum absolute atomic E-state index is 0.359. The highest BCUT2D eigenvalue weighted by Crippen LogP contribution is 2.18. The highest BCUT2D eigenvalue weighted by atomic mass is 79.9. The smallest absolute Gasteiger partial charge is 0.200 e. The van der Waals surface area contributed by atoms with Gasteiger partial charge in [-0.3, -0.25) is 0 Å². The van der Waals surface area contributed by atoms with Gasteiger partial charge >= 0.3 is 0 Å². The molecule has 0 aromatic carbocycles. The Hall–Kier alpha value is 0.390. The SMILES string of the molecule is CN(C(C)(C)C)S(=O)(=O)Br. The third-order valence-corrected chi connectivity index (χ3v) is 3.78. The first-order chi connectivity index (χ1) is 4.15. The molecular formula is C5H12BrNO2S. The summed E-state index contributed by atoms with van der Waals surface area (Å²) < 4.78 is 22.9. The van der Waals surface area contributed by atoms with Crippen LogP contribution in [-0.4, -0.2) is 25.3 Å². The summed E-state index contributed by atoms with van der Waals surface area (Å²) in [7, 11) is -1.68. The lowest BCUT2D eigenvalue weighted by molar-refractivity contribution is 0.298. The first-order valence-electron chi connectivity index (χ1n) is 2.84. The van der Waals surface area contributed by atoms with Gasteiger partial charge in [0.05, 0.1) is 14.8 Å². The molecular weight excluding hydrogens is 218 g/mol. The zero-order valence-electron chi connectivity index (χ0n) is 6.55. The van der Waals surface area contributed by atoms with Crippen molar-refractivity contribution in [2.45, 2.75) is 26.3 Å². The molecule has 0 aromatic rings. The monoisotopic (exact) mass is 229 g/mol. The van der Waals surface area contributed by atoms with Gasteiger partial charge in [-0.1, -0.05) is 0 Å². The summed E-state index contributed by atoms with van der Waals surface area (Å²) in [6.45, 7) is 5.48. The van der Waals surface area contributed by atoms with E-state index in [2.05, 4.69) is 14.8 Å². The van der Waals surface area contributed by atoms with Crippen molar-refractivity contribution in [1.29, 1.82) is 0 Å². The molecule has 5 heteroatoms. The van der Waals surface area contributed by atoms with Crippen LogP contribution in [-0.2, 0) is 8.46 Å². The lowest BCUT2D eigenvalue weighted by atomic mass is 10.1. The molecule has 0 saturated heterocycles. The standard InChI is InChI=1S/C5H12BrNO2S/c1-5(2,3)7(4)10(6,8)9/h1-4H3. The summed E-state index contributed by atoms with van der Waals surface area (Å²) in [6, 6.07) is 0. The van der Waals surface area contributed by atoms with Gasteiger partial charge in [0.1, 0.15) is 0 Å². The highest BCUT2D eigenvalue weighted by Gasteiger charge is 2.25. The van der Waals surface area contributed by atoms with E-state index < -0.39 is 8.46 Å². The number of hydrogen-bond donors (Lipinski definition) is 0. The van der Waals surface area contributed by atoms with Crippen molar-refractivity contribution in [3.05, 3.63) is 0 Å². The molecule has 3 nitrogen and oxygen atoms in total. The molecule has 0 unspecified atom stereocenters. The van der Waals surface area contributed by atoms with E-state index in [0.29, 0.717) is 0 Å². The van der Waals surface area contributed by atoms with E-state index in [1.54, 1.807) is 0 Å². The predicted octanol–water partition coefficient (Wildman–Crippen LogP) is 1.36. The average molecular weight is 230 g/mol. The van der Waals surface area contributed by atoms with Crippen molar-refractivity contribution < 1.29 is 8.42 Å². The van der Waals surface area contributed by atoms with E-state index in [4.69, 9.17) is 0 Å². The fourth-order valence-electron chi connectivity index (χ4n) is 0.327. The maximum Gasteiger partial charge on any atom is 0.274 e. The molecule has 0 fully saturated rings. The van der Waals surface area contributed by atoms with Crippen LogP contribution in [0.1, 0.15) is 20.8 Å². The molecule has 0 rings (SSSR count). The van der Waals surface area contributed by atoms with Gasteiger partial charge in [-0.2, -0.15) is 4.31 Å². The maximum absolute atomic E-state index is 10.8. The van der Waals surface area contributed by atoms with E-state index in [-0.39, 0.29) is 5.54 Å². The van der Waals surface area contributed by atoms with Crippen molar-refractivity contribution in [3.63, 3.8) is 0 Å². The molecule has 0 saturated carbocycles. The Kier molecular flexibility index (Phi) is 2.90. The van der Waals surface area contributed by atoms with E-state index in [0.717, 1.165) is 0 Å². The Morgan fingerprint density at radius 1 is 1.30 bits per heavy atom. The Morgan fingerprint density at radius 2 is 1.60 bits per heavy atom. The fourth-order valence-corrected chi connectivity index (χ4v) is 2.28. The second-order valence-electron chi connectivity index (χ2n) is 3.08. The third kappa shape index (κ3) is 2.98. The summed E-state index contributed by atoms with van der Waals surface area (Å²) in [6.07, 6.45) is 0. The summed E-state index contributed by atoms with van der Waals surface area (Å²) in [5.41, 5.74) is -0.359. The number of halogens is 1. The summed E-state index contributed by atoms with van der Waals surface area (Å²) >= 11 is 2.58. The zero-order chi connectivity index (χ0) is 8.58. The number of nitrogens with zero attached hydrogens (tertiary/aromatic N) is 1. The Balaban J connectivity index is 4.56. The molecule has 0 N–H and O–H groups in total. The molecule has 0 aromatic heterocycles. The first-order valence-corrected chi connectivity index (χ1v) is 6.12. The molecule has 0 amide bonds. The summed E-state index contributed by atoms with van der Waals surface area (Å²) in [5, 5.41) is 0. The molecule has 0 heterocycles. The summed E-state index contributed by atoms with van der Waals surface area (Å²) in [4.78, 5) is 0. The predicted molar refractivity (Wildman–Crippen MR) is 45.4 cm³/mol. The van der Waals surface area contributed by atoms with Crippen LogP contribution in [0.2, 0.25) is 0 Å². The molecule has 0 spiro atoms. The molecule has 0 aliphatic heterocycles. The van der Waals surface area contributed by atoms with Crippen LogP contribution in [0.3, 0.4) is 0 Å². The zero-order valence-corrected chi connectivity index (χ0v) is 8.95. The van der Waals surface area contributed by atoms with Gasteiger partial charge in [-0.25, -0.2) is 8.42 Å².